The number of imidazole rings is 2. The summed E-state index contributed by atoms with van der Waals surface area (Å²) in [6, 6.07) is 14.6. The minimum atomic E-state index is 0.258. The molecule has 0 unspecified atom stereocenters. The highest BCUT2D eigenvalue weighted by atomic mass is 15.1. The zero-order chi connectivity index (χ0) is 27.4. The Hall–Kier alpha value is -3.26. The fraction of sp³-hybridized carbons (Fsp3) is 0.471. The van der Waals surface area contributed by atoms with Gasteiger partial charge in [0.05, 0.1) is 35.9 Å². The smallest absolute Gasteiger partial charge is 0.123 e. The van der Waals surface area contributed by atoms with E-state index in [0.717, 1.165) is 49.7 Å². The number of hydrogen-bond donors (Lipinski definition) is 4. The largest absolute Gasteiger partial charge is 0.341 e. The summed E-state index contributed by atoms with van der Waals surface area (Å²) in [6.07, 6.45) is 13.7. The van der Waals surface area contributed by atoms with E-state index in [2.05, 4.69) is 75.1 Å². The minimum Gasteiger partial charge on any atom is -0.341 e. The maximum absolute atomic E-state index is 4.82. The molecule has 1 spiro atoms. The number of benzene rings is 2. The van der Waals surface area contributed by atoms with E-state index in [9.17, 15) is 0 Å². The van der Waals surface area contributed by atoms with Crippen molar-refractivity contribution >= 4 is 0 Å². The lowest BCUT2D eigenvalue weighted by molar-refractivity contribution is 0.187. The Kier molecular flexibility index (Phi) is 6.35. The van der Waals surface area contributed by atoms with Crippen molar-refractivity contribution < 1.29 is 0 Å². The van der Waals surface area contributed by atoms with Crippen LogP contribution in [0.3, 0.4) is 0 Å². The normalized spacial score (nSPS) is 23.9. The Morgan fingerprint density at radius 2 is 1.34 bits per heavy atom. The molecule has 0 saturated carbocycles. The van der Waals surface area contributed by atoms with Crippen molar-refractivity contribution in [3.63, 3.8) is 0 Å². The first-order chi connectivity index (χ1) is 20.2. The van der Waals surface area contributed by atoms with Crippen LogP contribution in [0.1, 0.15) is 79.8 Å². The Morgan fingerprint density at radius 3 is 2.00 bits per heavy atom. The first-order valence-corrected chi connectivity index (χ1v) is 15.7. The van der Waals surface area contributed by atoms with Crippen molar-refractivity contribution in [3.05, 3.63) is 71.6 Å². The van der Waals surface area contributed by atoms with Gasteiger partial charge in [-0.2, -0.15) is 0 Å². The summed E-state index contributed by atoms with van der Waals surface area (Å²) in [5, 5.41) is 7.14. The first kappa shape index (κ1) is 25.5. The van der Waals surface area contributed by atoms with Crippen molar-refractivity contribution in [1.82, 2.24) is 35.5 Å². The van der Waals surface area contributed by atoms with Crippen LogP contribution in [-0.4, -0.2) is 58.1 Å². The Morgan fingerprint density at radius 1 is 0.732 bits per heavy atom. The lowest BCUT2D eigenvalue weighted by Crippen LogP contribution is -2.39. The zero-order valence-electron chi connectivity index (χ0n) is 24.1. The number of hydrogen-bond acceptors (Lipinski definition) is 5. The quantitative estimate of drug-likeness (QED) is 0.250. The van der Waals surface area contributed by atoms with Crippen LogP contribution < -0.4 is 10.6 Å². The maximum Gasteiger partial charge on any atom is 0.123 e. The molecule has 41 heavy (non-hydrogen) atoms. The van der Waals surface area contributed by atoms with Crippen LogP contribution in [0.4, 0.5) is 0 Å². The molecule has 2 aromatic heterocycles. The van der Waals surface area contributed by atoms with E-state index in [1.807, 2.05) is 6.20 Å². The van der Waals surface area contributed by atoms with Crippen LogP contribution >= 0.6 is 0 Å². The lowest BCUT2D eigenvalue weighted by Gasteiger charge is -2.40. The number of likely N-dealkylation sites (tertiary alicyclic amines) is 1. The van der Waals surface area contributed by atoms with Gasteiger partial charge in [-0.3, -0.25) is 0 Å². The molecule has 2 atom stereocenters. The lowest BCUT2D eigenvalue weighted by atomic mass is 9.71. The number of nitrogens with zero attached hydrogens (tertiary/aromatic N) is 3. The molecule has 8 rings (SSSR count). The van der Waals surface area contributed by atoms with Crippen LogP contribution in [0.5, 0.6) is 0 Å². The van der Waals surface area contributed by atoms with Crippen LogP contribution in [-0.2, 0) is 11.8 Å². The summed E-state index contributed by atoms with van der Waals surface area (Å²) >= 11 is 0. The molecule has 0 amide bonds. The number of aromatic nitrogens is 4. The molecule has 4 aliphatic rings. The topological polar surface area (TPSA) is 84.7 Å². The van der Waals surface area contributed by atoms with Gasteiger partial charge in [-0.15, -0.1) is 0 Å². The van der Waals surface area contributed by atoms with Gasteiger partial charge in [0.15, 0.2) is 0 Å². The first-order valence-electron chi connectivity index (χ1n) is 15.7. The van der Waals surface area contributed by atoms with E-state index < -0.39 is 0 Å². The van der Waals surface area contributed by atoms with Gasteiger partial charge in [-0.25, -0.2) is 9.97 Å². The van der Waals surface area contributed by atoms with E-state index in [0.29, 0.717) is 12.1 Å². The molecule has 2 aromatic carbocycles. The molecule has 3 aliphatic heterocycles. The summed E-state index contributed by atoms with van der Waals surface area (Å²) in [6.45, 7) is 4.50. The summed E-state index contributed by atoms with van der Waals surface area (Å²) in [4.78, 5) is 19.3. The van der Waals surface area contributed by atoms with E-state index >= 15 is 0 Å². The number of aromatic amines is 2. The van der Waals surface area contributed by atoms with Crippen molar-refractivity contribution in [1.29, 1.82) is 0 Å². The Bertz CT molecular complexity index is 1530. The molecule has 1 aliphatic carbocycles. The molecule has 5 heterocycles. The second-order valence-corrected chi connectivity index (χ2v) is 12.8. The predicted octanol–water partition coefficient (Wildman–Crippen LogP) is 5.89. The number of fused-ring (bicyclic) bond motifs is 2. The van der Waals surface area contributed by atoms with Gasteiger partial charge < -0.3 is 25.5 Å². The SMILES string of the molecule is CN1CCC2(CCc3c(-c4cnc([C@@H]5CCCN5)[nH]4)ccc(-c4ccc(-c5cnc([C@@H]6CCCN6)[nH]5)cc4)c32)CC1. The molecule has 3 fully saturated rings. The minimum absolute atomic E-state index is 0.258. The van der Waals surface area contributed by atoms with Crippen LogP contribution in [0.15, 0.2) is 48.8 Å². The van der Waals surface area contributed by atoms with E-state index in [4.69, 9.17) is 9.97 Å². The molecule has 4 N–H and O–H groups in total. The standard InChI is InChI=1S/C34H41N7/c1-41-18-14-34(15-19-41)13-12-26-25(30-21-38-33(40-30)28-5-3-17-36-28)11-10-24(31(26)34)22-6-8-23(9-7-22)29-20-37-32(39-29)27-4-2-16-35-27/h6-11,20-21,27-28,35-36H,2-5,12-19H2,1H3,(H,37,39)(H,38,40)/t27-,28-/m0/s1. The summed E-state index contributed by atoms with van der Waals surface area (Å²) in [5.41, 5.74) is 10.9. The average molecular weight is 548 g/mol. The van der Waals surface area contributed by atoms with Crippen molar-refractivity contribution in [2.45, 2.75) is 68.9 Å². The second-order valence-electron chi connectivity index (χ2n) is 12.8. The number of rotatable bonds is 5. The van der Waals surface area contributed by atoms with Gasteiger partial charge in [0, 0.05) is 5.56 Å². The highest BCUT2D eigenvalue weighted by molar-refractivity contribution is 5.80. The van der Waals surface area contributed by atoms with Crippen molar-refractivity contribution in [3.8, 4) is 33.6 Å². The molecule has 7 heteroatoms. The van der Waals surface area contributed by atoms with Crippen molar-refractivity contribution in [2.75, 3.05) is 33.2 Å². The molecule has 212 valence electrons. The van der Waals surface area contributed by atoms with Crippen LogP contribution in [0.25, 0.3) is 33.6 Å². The van der Waals surface area contributed by atoms with Crippen molar-refractivity contribution in [2.24, 2.45) is 0 Å². The third-order valence-corrected chi connectivity index (χ3v) is 10.4. The highest BCUT2D eigenvalue weighted by Gasteiger charge is 2.43. The maximum atomic E-state index is 4.82. The van der Waals surface area contributed by atoms with E-state index in [1.54, 1.807) is 5.56 Å². The van der Waals surface area contributed by atoms with Gasteiger partial charge in [0.1, 0.15) is 11.6 Å². The van der Waals surface area contributed by atoms with Crippen LogP contribution in [0, 0.1) is 0 Å². The summed E-state index contributed by atoms with van der Waals surface area (Å²) in [5.74, 6) is 2.15. The van der Waals surface area contributed by atoms with Gasteiger partial charge in [-0.05, 0) is 118 Å². The fourth-order valence-corrected chi connectivity index (χ4v) is 8.02. The fourth-order valence-electron chi connectivity index (χ4n) is 8.02. The van der Waals surface area contributed by atoms with E-state index in [-0.39, 0.29) is 5.41 Å². The second kappa shape index (κ2) is 10.2. The monoisotopic (exact) mass is 547 g/mol. The van der Waals surface area contributed by atoms with Gasteiger partial charge in [0.25, 0.3) is 0 Å². The third-order valence-electron chi connectivity index (χ3n) is 10.4. The number of H-pyrrole nitrogens is 2. The predicted molar refractivity (Wildman–Crippen MR) is 164 cm³/mol. The van der Waals surface area contributed by atoms with Gasteiger partial charge in [-0.1, -0.05) is 36.4 Å². The third kappa shape index (κ3) is 4.46. The van der Waals surface area contributed by atoms with Crippen LogP contribution in [0.2, 0.25) is 0 Å². The highest BCUT2D eigenvalue weighted by Crippen LogP contribution is 2.52. The molecular formula is C34H41N7. The molecule has 4 aromatic rings. The molecular weight excluding hydrogens is 506 g/mol. The van der Waals surface area contributed by atoms with E-state index in [1.165, 1.54) is 78.7 Å². The molecule has 0 radical (unpaired) electrons. The zero-order valence-corrected chi connectivity index (χ0v) is 24.1. The molecule has 0 bridgehead atoms. The average Bonchev–Trinajstić information content (AvgIpc) is 3.85. The number of piperidine rings is 1. The van der Waals surface area contributed by atoms with Gasteiger partial charge >= 0.3 is 0 Å². The Balaban J connectivity index is 1.16. The summed E-state index contributed by atoms with van der Waals surface area (Å²) in [7, 11) is 2.27. The molecule has 3 saturated heterocycles. The summed E-state index contributed by atoms with van der Waals surface area (Å²) < 4.78 is 0. The van der Waals surface area contributed by atoms with Gasteiger partial charge in [0.2, 0.25) is 0 Å². The number of nitrogens with one attached hydrogen (secondary N) is 4. The Labute approximate surface area is 242 Å². The molecule has 7 nitrogen and oxygen atoms in total.